The maximum atomic E-state index is 13.4. The Hall–Kier alpha value is -3.09. The van der Waals surface area contributed by atoms with Crippen LogP contribution in [0.25, 0.3) is 28.2 Å². The minimum atomic E-state index is -0.325. The molecule has 0 saturated heterocycles. The number of H-pyrrole nitrogens is 1. The van der Waals surface area contributed by atoms with Gasteiger partial charge in [0.1, 0.15) is 12.1 Å². The van der Waals surface area contributed by atoms with E-state index < -0.39 is 0 Å². The van der Waals surface area contributed by atoms with Crippen LogP contribution in [0, 0.1) is 12.7 Å². The summed E-state index contributed by atoms with van der Waals surface area (Å²) in [4.78, 5) is 8.39. The zero-order valence-electron chi connectivity index (χ0n) is 11.7. The fourth-order valence-corrected chi connectivity index (χ4v) is 2.36. The number of aryl methyl sites for hydroxylation is 1. The zero-order valence-corrected chi connectivity index (χ0v) is 11.7. The highest BCUT2D eigenvalue weighted by Crippen LogP contribution is 2.29. The standard InChI is InChI=1S/C15H11FN6/c1-9-12(16)3-4-13(20-9)15-11(6-18-21-15)10-2-5-14-17-8-19-22(14)7-10/h2-8H,1H3,(H,18,21). The second-order valence-electron chi connectivity index (χ2n) is 4.90. The first kappa shape index (κ1) is 12.6. The van der Waals surface area contributed by atoms with E-state index in [1.165, 1.54) is 12.4 Å². The summed E-state index contributed by atoms with van der Waals surface area (Å²) in [5, 5.41) is 11.1. The van der Waals surface area contributed by atoms with Gasteiger partial charge in [0, 0.05) is 17.3 Å². The van der Waals surface area contributed by atoms with Crippen LogP contribution in [-0.4, -0.2) is 29.8 Å². The minimum Gasteiger partial charge on any atom is -0.276 e. The van der Waals surface area contributed by atoms with Crippen LogP contribution in [0.5, 0.6) is 0 Å². The molecule has 1 N–H and O–H groups in total. The molecule has 0 bridgehead atoms. The third-order valence-corrected chi connectivity index (χ3v) is 3.50. The molecule has 4 rings (SSSR count). The van der Waals surface area contributed by atoms with Gasteiger partial charge in [-0.2, -0.15) is 10.2 Å². The van der Waals surface area contributed by atoms with Crippen molar-refractivity contribution in [2.24, 2.45) is 0 Å². The van der Waals surface area contributed by atoms with Crippen LogP contribution in [0.4, 0.5) is 4.39 Å². The Bertz CT molecular complexity index is 971. The molecule has 4 heterocycles. The van der Waals surface area contributed by atoms with E-state index in [0.717, 1.165) is 22.5 Å². The molecule has 0 fully saturated rings. The Labute approximate surface area is 124 Å². The van der Waals surface area contributed by atoms with Crippen molar-refractivity contribution in [1.29, 1.82) is 0 Å². The molecular formula is C15H11FN6. The first-order valence-electron chi connectivity index (χ1n) is 6.69. The van der Waals surface area contributed by atoms with Gasteiger partial charge in [-0.25, -0.2) is 18.9 Å². The summed E-state index contributed by atoms with van der Waals surface area (Å²) in [6, 6.07) is 6.85. The number of rotatable bonds is 2. The van der Waals surface area contributed by atoms with Gasteiger partial charge in [0.15, 0.2) is 5.65 Å². The number of hydrogen-bond donors (Lipinski definition) is 1. The number of halogens is 1. The Morgan fingerprint density at radius 2 is 2.09 bits per heavy atom. The number of aromatic amines is 1. The summed E-state index contributed by atoms with van der Waals surface area (Å²) in [6.45, 7) is 1.64. The molecule has 0 aliphatic carbocycles. The predicted molar refractivity (Wildman–Crippen MR) is 78.5 cm³/mol. The summed E-state index contributed by atoms with van der Waals surface area (Å²) < 4.78 is 15.1. The van der Waals surface area contributed by atoms with Crippen molar-refractivity contribution < 1.29 is 4.39 Å². The molecule has 0 aliphatic rings. The van der Waals surface area contributed by atoms with Crippen molar-refractivity contribution in [3.8, 4) is 22.5 Å². The van der Waals surface area contributed by atoms with Crippen LogP contribution in [0.2, 0.25) is 0 Å². The van der Waals surface area contributed by atoms with Crippen molar-refractivity contribution >= 4 is 5.65 Å². The van der Waals surface area contributed by atoms with Gasteiger partial charge in [-0.05, 0) is 31.2 Å². The average molecular weight is 294 g/mol. The van der Waals surface area contributed by atoms with Crippen LogP contribution in [0.1, 0.15) is 5.69 Å². The van der Waals surface area contributed by atoms with E-state index >= 15 is 0 Å². The van der Waals surface area contributed by atoms with Crippen LogP contribution in [-0.2, 0) is 0 Å². The largest absolute Gasteiger partial charge is 0.276 e. The molecule has 0 amide bonds. The quantitative estimate of drug-likeness (QED) is 0.617. The molecule has 0 atom stereocenters. The number of pyridine rings is 2. The normalized spacial score (nSPS) is 11.2. The van der Waals surface area contributed by atoms with Gasteiger partial charge in [-0.3, -0.25) is 5.10 Å². The second-order valence-corrected chi connectivity index (χ2v) is 4.90. The average Bonchev–Trinajstić information content (AvgIpc) is 3.17. The third kappa shape index (κ3) is 1.95. The van der Waals surface area contributed by atoms with Gasteiger partial charge in [0.2, 0.25) is 0 Å². The molecule has 0 unspecified atom stereocenters. The number of nitrogens with zero attached hydrogens (tertiary/aromatic N) is 5. The topological polar surface area (TPSA) is 71.8 Å². The molecule has 108 valence electrons. The minimum absolute atomic E-state index is 0.325. The SMILES string of the molecule is Cc1nc(-c2[nH]ncc2-c2ccc3ncnn3c2)ccc1F. The number of fused-ring (bicyclic) bond motifs is 1. The monoisotopic (exact) mass is 294 g/mol. The van der Waals surface area contributed by atoms with Gasteiger partial charge < -0.3 is 0 Å². The highest BCUT2D eigenvalue weighted by atomic mass is 19.1. The number of hydrogen-bond acceptors (Lipinski definition) is 4. The molecule has 0 spiro atoms. The van der Waals surface area contributed by atoms with Crippen LogP contribution in [0.3, 0.4) is 0 Å². The van der Waals surface area contributed by atoms with E-state index in [0.29, 0.717) is 11.4 Å². The Balaban J connectivity index is 1.86. The highest BCUT2D eigenvalue weighted by Gasteiger charge is 2.13. The lowest BCUT2D eigenvalue weighted by atomic mass is 10.1. The van der Waals surface area contributed by atoms with E-state index in [1.807, 2.05) is 18.3 Å². The summed E-state index contributed by atoms with van der Waals surface area (Å²) >= 11 is 0. The van der Waals surface area contributed by atoms with Crippen LogP contribution in [0.15, 0.2) is 43.0 Å². The van der Waals surface area contributed by atoms with Gasteiger partial charge in [-0.15, -0.1) is 0 Å². The number of nitrogens with one attached hydrogen (secondary N) is 1. The Kier molecular flexibility index (Phi) is 2.72. The molecule has 0 saturated carbocycles. The smallest absolute Gasteiger partial charge is 0.155 e. The van der Waals surface area contributed by atoms with Crippen molar-refractivity contribution in [2.75, 3.05) is 0 Å². The van der Waals surface area contributed by atoms with Crippen molar-refractivity contribution in [3.63, 3.8) is 0 Å². The Morgan fingerprint density at radius 3 is 2.95 bits per heavy atom. The molecule has 0 aliphatic heterocycles. The summed E-state index contributed by atoms with van der Waals surface area (Å²) in [6.07, 6.45) is 5.08. The van der Waals surface area contributed by atoms with E-state index in [9.17, 15) is 4.39 Å². The predicted octanol–water partition coefficient (Wildman–Crippen LogP) is 2.63. The lowest BCUT2D eigenvalue weighted by Gasteiger charge is -2.05. The maximum Gasteiger partial charge on any atom is 0.155 e. The summed E-state index contributed by atoms with van der Waals surface area (Å²) in [5.74, 6) is -0.325. The fourth-order valence-electron chi connectivity index (χ4n) is 2.36. The highest BCUT2D eigenvalue weighted by molar-refractivity contribution is 5.78. The second kappa shape index (κ2) is 4.73. The van der Waals surface area contributed by atoms with E-state index in [1.54, 1.807) is 23.7 Å². The molecule has 4 aromatic rings. The molecule has 0 aromatic carbocycles. The molecule has 4 aromatic heterocycles. The van der Waals surface area contributed by atoms with E-state index in [4.69, 9.17) is 0 Å². The molecule has 7 heteroatoms. The van der Waals surface area contributed by atoms with Gasteiger partial charge in [0.25, 0.3) is 0 Å². The van der Waals surface area contributed by atoms with Gasteiger partial charge in [0.05, 0.1) is 23.3 Å². The van der Waals surface area contributed by atoms with Crippen LogP contribution < -0.4 is 0 Å². The molecular weight excluding hydrogens is 283 g/mol. The summed E-state index contributed by atoms with van der Waals surface area (Å²) in [7, 11) is 0. The lowest BCUT2D eigenvalue weighted by molar-refractivity contribution is 0.610. The Morgan fingerprint density at radius 1 is 1.18 bits per heavy atom. The molecule has 22 heavy (non-hydrogen) atoms. The van der Waals surface area contributed by atoms with Gasteiger partial charge >= 0.3 is 0 Å². The zero-order chi connectivity index (χ0) is 15.1. The maximum absolute atomic E-state index is 13.4. The first-order chi connectivity index (χ1) is 10.7. The molecule has 6 nitrogen and oxygen atoms in total. The first-order valence-corrected chi connectivity index (χ1v) is 6.69. The number of aromatic nitrogens is 6. The van der Waals surface area contributed by atoms with Crippen molar-refractivity contribution in [3.05, 3.63) is 54.5 Å². The van der Waals surface area contributed by atoms with Gasteiger partial charge in [-0.1, -0.05) is 0 Å². The lowest BCUT2D eigenvalue weighted by Crippen LogP contribution is -1.93. The third-order valence-electron chi connectivity index (χ3n) is 3.50. The van der Waals surface area contributed by atoms with Crippen molar-refractivity contribution in [1.82, 2.24) is 29.8 Å². The van der Waals surface area contributed by atoms with Crippen molar-refractivity contribution in [2.45, 2.75) is 6.92 Å². The van der Waals surface area contributed by atoms with E-state index in [2.05, 4.69) is 25.3 Å². The fraction of sp³-hybridized carbons (Fsp3) is 0.0667. The summed E-state index contributed by atoms with van der Waals surface area (Å²) in [5.41, 5.74) is 4.29. The molecule has 0 radical (unpaired) electrons. The van der Waals surface area contributed by atoms with E-state index in [-0.39, 0.29) is 5.82 Å². The van der Waals surface area contributed by atoms with Crippen LogP contribution >= 0.6 is 0 Å².